The van der Waals surface area contributed by atoms with E-state index in [2.05, 4.69) is 21.0 Å². The highest BCUT2D eigenvalue weighted by Gasteiger charge is 2.44. The number of hydrogen-bond acceptors (Lipinski definition) is 6. The molecule has 2 aliphatic rings. The van der Waals surface area contributed by atoms with Crippen LogP contribution in [0.15, 0.2) is 36.7 Å². The number of hydrogen-bond donors (Lipinski definition) is 2. The Hall–Kier alpha value is -2.85. The molecule has 1 unspecified atom stereocenters. The number of H-pyrrole nitrogens is 1. The quantitative estimate of drug-likeness (QED) is 0.647. The normalized spacial score (nSPS) is 19.2. The van der Waals surface area contributed by atoms with E-state index < -0.39 is 11.9 Å². The van der Waals surface area contributed by atoms with E-state index in [4.69, 9.17) is 19.9 Å². The van der Waals surface area contributed by atoms with E-state index in [9.17, 15) is 13.2 Å². The van der Waals surface area contributed by atoms with Crippen LogP contribution < -0.4 is 10.5 Å². The third kappa shape index (κ3) is 4.91. The number of ether oxygens (including phenoxy) is 3. The number of nitrogens with one attached hydrogen (secondary N) is 1. The van der Waals surface area contributed by atoms with E-state index in [1.807, 2.05) is 18.2 Å². The Morgan fingerprint density at radius 1 is 1.26 bits per heavy atom. The van der Waals surface area contributed by atoms with Gasteiger partial charge in [-0.3, -0.25) is 0 Å². The summed E-state index contributed by atoms with van der Waals surface area (Å²) in [6.45, 7) is 1.34. The van der Waals surface area contributed by atoms with Gasteiger partial charge in [-0.05, 0) is 30.5 Å². The van der Waals surface area contributed by atoms with Gasteiger partial charge in [-0.25, -0.2) is 9.97 Å². The molecule has 0 bridgehead atoms. The lowest BCUT2D eigenvalue weighted by Crippen LogP contribution is -2.32. The average molecular weight is 436 g/mol. The lowest BCUT2D eigenvalue weighted by Gasteiger charge is -2.26. The first kappa shape index (κ1) is 21.4. The Morgan fingerprint density at radius 3 is 2.71 bits per heavy atom. The van der Waals surface area contributed by atoms with Crippen LogP contribution in [0.25, 0.3) is 11.0 Å². The molecular weight excluding hydrogens is 413 g/mol. The largest absolute Gasteiger partial charge is 0.491 e. The van der Waals surface area contributed by atoms with Crippen molar-refractivity contribution in [2.75, 3.05) is 26.1 Å². The van der Waals surface area contributed by atoms with E-state index in [0.717, 1.165) is 37.4 Å². The topological polar surface area (TPSA) is 95.3 Å². The highest BCUT2D eigenvalue weighted by molar-refractivity contribution is 5.86. The van der Waals surface area contributed by atoms with Crippen molar-refractivity contribution in [3.8, 4) is 5.75 Å². The van der Waals surface area contributed by atoms with Crippen molar-refractivity contribution in [1.29, 1.82) is 0 Å². The van der Waals surface area contributed by atoms with Gasteiger partial charge in [0.2, 0.25) is 0 Å². The molecular formula is C21H23F3N4O3. The van der Waals surface area contributed by atoms with Gasteiger partial charge in [0, 0.05) is 13.5 Å². The predicted molar refractivity (Wildman–Crippen MR) is 108 cm³/mol. The number of rotatable bonds is 4. The number of aromatic nitrogens is 3. The second-order valence-electron chi connectivity index (χ2n) is 7.64. The van der Waals surface area contributed by atoms with Gasteiger partial charge >= 0.3 is 6.18 Å². The Labute approximate surface area is 176 Å². The first-order chi connectivity index (χ1) is 14.8. The molecule has 0 amide bonds. The van der Waals surface area contributed by atoms with Gasteiger partial charge < -0.3 is 24.9 Å². The van der Waals surface area contributed by atoms with Crippen molar-refractivity contribution < 1.29 is 27.4 Å². The highest BCUT2D eigenvalue weighted by atomic mass is 19.4. The number of nitrogens with two attached hydrogens (primary N) is 1. The number of fused-ring (bicyclic) bond motifs is 2. The number of methoxy groups -OCH3 is 1. The van der Waals surface area contributed by atoms with Crippen molar-refractivity contribution in [1.82, 2.24) is 15.0 Å². The van der Waals surface area contributed by atoms with Gasteiger partial charge in [0.05, 0.1) is 23.7 Å². The predicted octanol–water partition coefficient (Wildman–Crippen LogP) is 3.74. The number of halogens is 3. The van der Waals surface area contributed by atoms with Crippen molar-refractivity contribution >= 4 is 16.9 Å². The third-order valence-electron chi connectivity index (χ3n) is 5.43. The molecule has 1 fully saturated rings. The van der Waals surface area contributed by atoms with E-state index in [-0.39, 0.29) is 28.6 Å². The molecule has 3 aromatic rings. The smallest absolute Gasteiger partial charge is 0.431 e. The molecule has 3 N–H and O–H groups in total. The van der Waals surface area contributed by atoms with Crippen LogP contribution in [0, 0.1) is 0 Å². The van der Waals surface area contributed by atoms with Gasteiger partial charge in [0.1, 0.15) is 35.8 Å². The molecule has 1 aliphatic carbocycles. The molecule has 0 radical (unpaired) electrons. The summed E-state index contributed by atoms with van der Waals surface area (Å²) in [5, 5.41) is 0.180. The molecule has 1 aromatic carbocycles. The van der Waals surface area contributed by atoms with E-state index in [1.54, 1.807) is 7.11 Å². The van der Waals surface area contributed by atoms with E-state index >= 15 is 0 Å². The van der Waals surface area contributed by atoms with Crippen LogP contribution in [-0.2, 0) is 22.1 Å². The van der Waals surface area contributed by atoms with Crippen LogP contribution in [0.5, 0.6) is 5.75 Å². The van der Waals surface area contributed by atoms with Crippen LogP contribution >= 0.6 is 0 Å². The van der Waals surface area contributed by atoms with Crippen LogP contribution in [0.1, 0.15) is 24.1 Å². The average Bonchev–Trinajstić information content (AvgIpc) is 3.40. The number of alkyl halides is 3. The maximum atomic E-state index is 12.2. The zero-order valence-corrected chi connectivity index (χ0v) is 16.9. The van der Waals surface area contributed by atoms with Gasteiger partial charge in [-0.15, -0.1) is 0 Å². The van der Waals surface area contributed by atoms with Gasteiger partial charge in [-0.2, -0.15) is 13.2 Å². The molecule has 10 heteroatoms. The minimum atomic E-state index is -4.42. The second kappa shape index (κ2) is 8.35. The summed E-state index contributed by atoms with van der Waals surface area (Å²) < 4.78 is 53.8. The zero-order chi connectivity index (χ0) is 22.1. The lowest BCUT2D eigenvalue weighted by atomic mass is 10.0. The maximum Gasteiger partial charge on any atom is 0.431 e. The van der Waals surface area contributed by atoms with E-state index in [0.29, 0.717) is 13.2 Å². The van der Waals surface area contributed by atoms with Crippen molar-refractivity contribution in [3.05, 3.63) is 47.9 Å². The molecule has 5 rings (SSSR count). The molecule has 2 aromatic heterocycles. The Kier molecular flexibility index (Phi) is 5.76. The fraction of sp³-hybridized carbons (Fsp3) is 0.429. The van der Waals surface area contributed by atoms with Gasteiger partial charge in [0.25, 0.3) is 0 Å². The Bertz CT molecular complexity index is 1050. The molecule has 7 nitrogen and oxygen atoms in total. The van der Waals surface area contributed by atoms with Crippen LogP contribution in [-0.4, -0.2) is 47.0 Å². The summed E-state index contributed by atoms with van der Waals surface area (Å²) in [6, 6.07) is 9.06. The van der Waals surface area contributed by atoms with Crippen LogP contribution in [0.4, 0.5) is 19.0 Å². The highest BCUT2D eigenvalue weighted by Crippen LogP contribution is 2.39. The summed E-state index contributed by atoms with van der Waals surface area (Å²) in [5.74, 6) is 1.03. The summed E-state index contributed by atoms with van der Waals surface area (Å²) in [4.78, 5) is 9.33. The second-order valence-corrected chi connectivity index (χ2v) is 7.64. The summed E-state index contributed by atoms with van der Waals surface area (Å²) >= 11 is 0. The molecule has 166 valence electrons. The first-order valence-electron chi connectivity index (χ1n) is 9.83. The van der Waals surface area contributed by atoms with E-state index in [1.165, 1.54) is 5.56 Å². The SMILES string of the molecule is COC1(COC2COc3ccccc3C2)CC1.Nc1ncnc2[nH]c(C(F)(F)F)cc12. The van der Waals surface area contributed by atoms with Gasteiger partial charge in [0.15, 0.2) is 0 Å². The first-order valence-corrected chi connectivity index (χ1v) is 9.83. The number of nitrogen functional groups attached to an aromatic ring is 1. The number of aromatic amines is 1. The molecule has 3 heterocycles. The van der Waals surface area contributed by atoms with Crippen molar-refractivity contribution in [2.24, 2.45) is 0 Å². The number of nitrogens with zero attached hydrogens (tertiary/aromatic N) is 2. The molecule has 1 aliphatic heterocycles. The number of anilines is 1. The van der Waals surface area contributed by atoms with Crippen LogP contribution in [0.3, 0.4) is 0 Å². The van der Waals surface area contributed by atoms with Crippen LogP contribution in [0.2, 0.25) is 0 Å². The van der Waals surface area contributed by atoms with Gasteiger partial charge in [-0.1, -0.05) is 18.2 Å². The summed E-state index contributed by atoms with van der Waals surface area (Å²) in [6.07, 6.45) is 0.0243. The molecule has 0 saturated heterocycles. The molecule has 1 atom stereocenters. The monoisotopic (exact) mass is 436 g/mol. The zero-order valence-electron chi connectivity index (χ0n) is 16.9. The van der Waals surface area contributed by atoms with Crippen molar-refractivity contribution in [3.63, 3.8) is 0 Å². The Balaban J connectivity index is 0.000000152. The standard InChI is InChI=1S/C14H18O3.C7H5F3N4/c1-15-14(6-7-14)10-17-12-8-11-4-2-3-5-13(11)16-9-12;8-7(9,10)4-1-3-5(11)12-2-13-6(3)14-4/h2-5,12H,6-10H2,1H3;1-2H,(H3,11,12,13,14). The summed E-state index contributed by atoms with van der Waals surface area (Å²) in [7, 11) is 1.77. The Morgan fingerprint density at radius 2 is 2.03 bits per heavy atom. The van der Waals surface area contributed by atoms with Crippen molar-refractivity contribution in [2.45, 2.75) is 37.1 Å². The number of benzene rings is 1. The molecule has 1 saturated carbocycles. The minimum absolute atomic E-state index is 0.0109. The number of para-hydroxylation sites is 1. The third-order valence-corrected chi connectivity index (χ3v) is 5.43. The molecule has 31 heavy (non-hydrogen) atoms. The minimum Gasteiger partial charge on any atom is -0.491 e. The fourth-order valence-electron chi connectivity index (χ4n) is 3.34. The summed E-state index contributed by atoms with van der Waals surface area (Å²) in [5.41, 5.74) is 5.84. The maximum absolute atomic E-state index is 12.2. The lowest BCUT2D eigenvalue weighted by molar-refractivity contribution is -0.140. The molecule has 0 spiro atoms. The fourth-order valence-corrected chi connectivity index (χ4v) is 3.34.